The zero-order valence-electron chi connectivity index (χ0n) is 15.5. The van der Waals surface area contributed by atoms with Crippen molar-refractivity contribution >= 4 is 11.6 Å². The molecule has 0 atom stereocenters. The summed E-state index contributed by atoms with van der Waals surface area (Å²) >= 11 is 0. The first-order valence-corrected chi connectivity index (χ1v) is 9.06. The SMILES string of the molecule is Cc1cccc(COc2ccccc2C(=O)OCc2cn3ccccc3n2)c1. The molecule has 2 heterocycles. The number of imidazole rings is 1. The molecule has 4 rings (SSSR count). The highest BCUT2D eigenvalue weighted by molar-refractivity contribution is 5.92. The molecule has 140 valence electrons. The van der Waals surface area contributed by atoms with E-state index in [9.17, 15) is 4.79 Å². The van der Waals surface area contributed by atoms with Crippen LogP contribution in [0.5, 0.6) is 5.75 Å². The van der Waals surface area contributed by atoms with Crippen molar-refractivity contribution in [2.24, 2.45) is 0 Å². The third kappa shape index (κ3) is 4.04. The Labute approximate surface area is 163 Å². The van der Waals surface area contributed by atoms with Gasteiger partial charge in [0.05, 0.1) is 5.69 Å². The van der Waals surface area contributed by atoms with Crippen LogP contribution in [0.15, 0.2) is 79.1 Å². The molecular formula is C23H20N2O3. The van der Waals surface area contributed by atoms with E-state index in [2.05, 4.69) is 11.1 Å². The minimum absolute atomic E-state index is 0.104. The Balaban J connectivity index is 1.43. The molecule has 28 heavy (non-hydrogen) atoms. The molecule has 2 aromatic heterocycles. The number of carbonyl (C=O) groups excluding carboxylic acids is 1. The smallest absolute Gasteiger partial charge is 0.342 e. The number of para-hydroxylation sites is 1. The predicted octanol–water partition coefficient (Wildman–Crippen LogP) is 4.58. The van der Waals surface area contributed by atoms with Crippen molar-refractivity contribution in [3.63, 3.8) is 0 Å². The van der Waals surface area contributed by atoms with Gasteiger partial charge in [-0.2, -0.15) is 0 Å². The van der Waals surface area contributed by atoms with Crippen LogP contribution in [-0.2, 0) is 18.0 Å². The Hall–Kier alpha value is -3.60. The van der Waals surface area contributed by atoms with Crippen LogP contribution in [0.2, 0.25) is 0 Å². The van der Waals surface area contributed by atoms with Gasteiger partial charge in [0.1, 0.15) is 30.2 Å². The minimum atomic E-state index is -0.433. The average molecular weight is 372 g/mol. The number of aromatic nitrogens is 2. The number of ether oxygens (including phenoxy) is 2. The van der Waals surface area contributed by atoms with Crippen molar-refractivity contribution in [1.29, 1.82) is 0 Å². The predicted molar refractivity (Wildman–Crippen MR) is 106 cm³/mol. The lowest BCUT2D eigenvalue weighted by atomic mass is 10.1. The van der Waals surface area contributed by atoms with Gasteiger partial charge in [0, 0.05) is 12.4 Å². The second-order valence-corrected chi connectivity index (χ2v) is 6.55. The van der Waals surface area contributed by atoms with Crippen LogP contribution in [-0.4, -0.2) is 15.4 Å². The number of carbonyl (C=O) groups is 1. The summed E-state index contributed by atoms with van der Waals surface area (Å²) in [6, 6.07) is 20.9. The average Bonchev–Trinajstić information content (AvgIpc) is 3.14. The maximum atomic E-state index is 12.6. The summed E-state index contributed by atoms with van der Waals surface area (Å²) in [5.74, 6) is 0.0703. The molecule has 4 aromatic rings. The van der Waals surface area contributed by atoms with Gasteiger partial charge in [0.25, 0.3) is 0 Å². The van der Waals surface area contributed by atoms with Gasteiger partial charge in [-0.05, 0) is 36.8 Å². The normalized spacial score (nSPS) is 10.8. The van der Waals surface area contributed by atoms with Gasteiger partial charge in [-0.1, -0.05) is 48.0 Å². The largest absolute Gasteiger partial charge is 0.488 e. The van der Waals surface area contributed by atoms with E-state index in [-0.39, 0.29) is 6.61 Å². The molecule has 0 fully saturated rings. The quantitative estimate of drug-likeness (QED) is 0.465. The van der Waals surface area contributed by atoms with Crippen LogP contribution >= 0.6 is 0 Å². The van der Waals surface area contributed by atoms with E-state index in [0.717, 1.165) is 11.2 Å². The summed E-state index contributed by atoms with van der Waals surface area (Å²) < 4.78 is 13.2. The highest BCUT2D eigenvalue weighted by Crippen LogP contribution is 2.21. The molecule has 0 aliphatic rings. The fraction of sp³-hybridized carbons (Fsp3) is 0.130. The van der Waals surface area contributed by atoms with Crippen molar-refractivity contribution in [3.8, 4) is 5.75 Å². The summed E-state index contributed by atoms with van der Waals surface area (Å²) in [5.41, 5.74) is 4.13. The summed E-state index contributed by atoms with van der Waals surface area (Å²) in [5, 5.41) is 0. The maximum Gasteiger partial charge on any atom is 0.342 e. The van der Waals surface area contributed by atoms with Crippen LogP contribution in [0.1, 0.15) is 27.2 Å². The molecule has 0 aliphatic carbocycles. The lowest BCUT2D eigenvalue weighted by molar-refractivity contribution is 0.0463. The molecule has 0 saturated carbocycles. The fourth-order valence-electron chi connectivity index (χ4n) is 3.00. The molecule has 0 aliphatic heterocycles. The van der Waals surface area contributed by atoms with Crippen LogP contribution in [0.3, 0.4) is 0 Å². The topological polar surface area (TPSA) is 52.8 Å². The van der Waals surface area contributed by atoms with Gasteiger partial charge in [-0.25, -0.2) is 9.78 Å². The van der Waals surface area contributed by atoms with E-state index in [4.69, 9.17) is 9.47 Å². The Bertz CT molecular complexity index is 1080. The lowest BCUT2D eigenvalue weighted by Crippen LogP contribution is -2.08. The first-order valence-electron chi connectivity index (χ1n) is 9.06. The van der Waals surface area contributed by atoms with Crippen LogP contribution in [0.4, 0.5) is 0 Å². The molecule has 0 bridgehead atoms. The van der Waals surface area contributed by atoms with Crippen molar-refractivity contribution in [2.45, 2.75) is 20.1 Å². The first-order chi connectivity index (χ1) is 13.7. The van der Waals surface area contributed by atoms with E-state index in [1.807, 2.05) is 66.2 Å². The summed E-state index contributed by atoms with van der Waals surface area (Å²) in [7, 11) is 0. The summed E-state index contributed by atoms with van der Waals surface area (Å²) in [4.78, 5) is 17.0. The van der Waals surface area contributed by atoms with Crippen LogP contribution in [0.25, 0.3) is 5.65 Å². The number of nitrogens with zero attached hydrogens (tertiary/aromatic N) is 2. The van der Waals surface area contributed by atoms with Crippen molar-refractivity contribution in [1.82, 2.24) is 9.38 Å². The second-order valence-electron chi connectivity index (χ2n) is 6.55. The molecule has 5 heteroatoms. The zero-order chi connectivity index (χ0) is 19.3. The highest BCUT2D eigenvalue weighted by atomic mass is 16.5. The van der Waals surface area contributed by atoms with Crippen molar-refractivity contribution in [2.75, 3.05) is 0 Å². The van der Waals surface area contributed by atoms with E-state index in [0.29, 0.717) is 23.6 Å². The van der Waals surface area contributed by atoms with Crippen molar-refractivity contribution in [3.05, 3.63) is 102 Å². The molecule has 0 N–H and O–H groups in total. The van der Waals surface area contributed by atoms with Crippen LogP contribution < -0.4 is 4.74 Å². The highest BCUT2D eigenvalue weighted by Gasteiger charge is 2.15. The first kappa shape index (κ1) is 17.8. The Morgan fingerprint density at radius 3 is 2.71 bits per heavy atom. The number of pyridine rings is 1. The number of hydrogen-bond donors (Lipinski definition) is 0. The number of fused-ring (bicyclic) bond motifs is 1. The number of aryl methyl sites for hydroxylation is 1. The van der Waals surface area contributed by atoms with Crippen molar-refractivity contribution < 1.29 is 14.3 Å². The van der Waals surface area contributed by atoms with Gasteiger partial charge in [0.15, 0.2) is 0 Å². The van der Waals surface area contributed by atoms with Gasteiger partial charge in [-0.3, -0.25) is 0 Å². The number of esters is 1. The maximum absolute atomic E-state index is 12.6. The van der Waals surface area contributed by atoms with Gasteiger partial charge in [0.2, 0.25) is 0 Å². The number of rotatable bonds is 6. The van der Waals surface area contributed by atoms with Crippen LogP contribution in [0, 0.1) is 6.92 Å². The standard InChI is InChI=1S/C23H20N2O3/c1-17-7-6-8-18(13-17)15-27-21-10-3-2-9-20(21)23(26)28-16-19-14-25-12-5-4-11-22(25)24-19/h2-14H,15-16H2,1H3. The number of hydrogen-bond acceptors (Lipinski definition) is 4. The molecule has 0 radical (unpaired) electrons. The summed E-state index contributed by atoms with van der Waals surface area (Å²) in [6.45, 7) is 2.53. The van der Waals surface area contributed by atoms with Gasteiger partial charge >= 0.3 is 5.97 Å². The third-order valence-electron chi connectivity index (χ3n) is 4.35. The van der Waals surface area contributed by atoms with E-state index in [1.54, 1.807) is 18.2 Å². The molecule has 0 saturated heterocycles. The lowest BCUT2D eigenvalue weighted by Gasteiger charge is -2.11. The monoisotopic (exact) mass is 372 g/mol. The molecule has 0 spiro atoms. The van der Waals surface area contributed by atoms with E-state index in [1.165, 1.54) is 5.56 Å². The van der Waals surface area contributed by atoms with Gasteiger partial charge < -0.3 is 13.9 Å². The Morgan fingerprint density at radius 1 is 1.00 bits per heavy atom. The fourth-order valence-corrected chi connectivity index (χ4v) is 3.00. The molecular weight excluding hydrogens is 352 g/mol. The molecule has 0 unspecified atom stereocenters. The zero-order valence-corrected chi connectivity index (χ0v) is 15.5. The Kier molecular flexibility index (Phi) is 5.06. The minimum Gasteiger partial charge on any atom is -0.488 e. The second kappa shape index (κ2) is 7.96. The molecule has 2 aromatic carbocycles. The number of benzene rings is 2. The third-order valence-corrected chi connectivity index (χ3v) is 4.35. The molecule has 5 nitrogen and oxygen atoms in total. The van der Waals surface area contributed by atoms with Gasteiger partial charge in [-0.15, -0.1) is 0 Å². The summed E-state index contributed by atoms with van der Waals surface area (Å²) in [6.07, 6.45) is 3.75. The Morgan fingerprint density at radius 2 is 1.86 bits per heavy atom. The van der Waals surface area contributed by atoms with E-state index < -0.39 is 5.97 Å². The van der Waals surface area contributed by atoms with E-state index >= 15 is 0 Å². The molecule has 0 amide bonds.